The number of aromatic nitrogens is 1. The number of rotatable bonds is 7. The van der Waals surface area contributed by atoms with Crippen LogP contribution in [0.5, 0.6) is 5.75 Å². The topological polar surface area (TPSA) is 94.3 Å². The van der Waals surface area contributed by atoms with Crippen molar-refractivity contribution in [2.45, 2.75) is 20.5 Å². The average Bonchev–Trinajstić information content (AvgIpc) is 3.33. The summed E-state index contributed by atoms with van der Waals surface area (Å²) in [5, 5.41) is 4.58. The Morgan fingerprint density at radius 3 is 2.42 bits per heavy atom. The molecule has 2 heterocycles. The standard InChI is InChI=1S/C24H20ClN3O3S2/c1-13-21(33-18(27-13)12-31-17-10-8-16(25)9-11-17)23(30)28-24-20(22(26)29)19(14(2)32-24)15-6-4-3-5-7-15/h3-11H,12H2,1-2H3,(H2,26,29)(H,28,30). The zero-order valence-corrected chi connectivity index (χ0v) is 20.2. The number of thiophene rings is 1. The van der Waals surface area contributed by atoms with Gasteiger partial charge in [-0.15, -0.1) is 22.7 Å². The number of ether oxygens (including phenoxy) is 1. The van der Waals surface area contributed by atoms with Crippen molar-refractivity contribution in [2.75, 3.05) is 5.32 Å². The van der Waals surface area contributed by atoms with Crippen LogP contribution in [0, 0.1) is 13.8 Å². The van der Waals surface area contributed by atoms with Crippen molar-refractivity contribution in [1.82, 2.24) is 4.98 Å². The van der Waals surface area contributed by atoms with Gasteiger partial charge in [0.25, 0.3) is 11.8 Å². The van der Waals surface area contributed by atoms with E-state index in [4.69, 9.17) is 22.1 Å². The Morgan fingerprint density at radius 2 is 1.76 bits per heavy atom. The Labute approximate surface area is 204 Å². The van der Waals surface area contributed by atoms with Crippen LogP contribution in [0.25, 0.3) is 11.1 Å². The Balaban J connectivity index is 1.55. The van der Waals surface area contributed by atoms with Crippen LogP contribution in [-0.2, 0) is 6.61 Å². The summed E-state index contributed by atoms with van der Waals surface area (Å²) >= 11 is 8.46. The van der Waals surface area contributed by atoms with E-state index in [0.717, 1.165) is 16.0 Å². The summed E-state index contributed by atoms with van der Waals surface area (Å²) in [6, 6.07) is 16.5. The number of carbonyl (C=O) groups excluding carboxylic acids is 2. The van der Waals surface area contributed by atoms with Gasteiger partial charge >= 0.3 is 0 Å². The fourth-order valence-electron chi connectivity index (χ4n) is 3.38. The molecule has 0 unspecified atom stereocenters. The molecule has 2 aromatic carbocycles. The molecular weight excluding hydrogens is 478 g/mol. The molecule has 0 aliphatic heterocycles. The summed E-state index contributed by atoms with van der Waals surface area (Å²) in [4.78, 5) is 31.1. The normalized spacial score (nSPS) is 10.8. The summed E-state index contributed by atoms with van der Waals surface area (Å²) in [6.45, 7) is 3.89. The fraction of sp³-hybridized carbons (Fsp3) is 0.125. The third-order valence-electron chi connectivity index (χ3n) is 4.84. The van der Waals surface area contributed by atoms with Gasteiger partial charge in [0.1, 0.15) is 27.2 Å². The number of nitrogens with zero attached hydrogens (tertiary/aromatic N) is 1. The van der Waals surface area contributed by atoms with Crippen molar-refractivity contribution in [3.05, 3.63) is 85.6 Å². The molecule has 2 aromatic heterocycles. The lowest BCUT2D eigenvalue weighted by molar-refractivity contribution is 0.100. The quantitative estimate of drug-likeness (QED) is 0.324. The van der Waals surface area contributed by atoms with Crippen LogP contribution in [0.3, 0.4) is 0 Å². The van der Waals surface area contributed by atoms with E-state index in [9.17, 15) is 9.59 Å². The highest BCUT2D eigenvalue weighted by Gasteiger charge is 2.24. The Hall–Kier alpha value is -3.20. The third kappa shape index (κ3) is 5.08. The Kier molecular flexibility index (Phi) is 6.78. The van der Waals surface area contributed by atoms with Gasteiger partial charge in [-0.3, -0.25) is 9.59 Å². The van der Waals surface area contributed by atoms with Crippen LogP contribution < -0.4 is 15.8 Å². The number of nitrogens with one attached hydrogen (secondary N) is 1. The molecule has 0 saturated carbocycles. The molecule has 168 valence electrons. The molecule has 9 heteroatoms. The molecule has 0 aliphatic rings. The minimum Gasteiger partial charge on any atom is -0.486 e. The molecule has 0 radical (unpaired) electrons. The summed E-state index contributed by atoms with van der Waals surface area (Å²) in [5.74, 6) is -0.274. The number of hydrogen-bond acceptors (Lipinski definition) is 6. The predicted molar refractivity (Wildman–Crippen MR) is 134 cm³/mol. The van der Waals surface area contributed by atoms with Gasteiger partial charge in [0.15, 0.2) is 0 Å². The van der Waals surface area contributed by atoms with E-state index < -0.39 is 5.91 Å². The van der Waals surface area contributed by atoms with E-state index in [0.29, 0.717) is 36.9 Å². The number of amides is 2. The fourth-order valence-corrected chi connectivity index (χ4v) is 5.46. The van der Waals surface area contributed by atoms with Crippen LogP contribution in [0.1, 0.15) is 35.6 Å². The maximum atomic E-state index is 13.1. The van der Waals surface area contributed by atoms with E-state index in [2.05, 4.69) is 10.3 Å². The van der Waals surface area contributed by atoms with Crippen LogP contribution in [-0.4, -0.2) is 16.8 Å². The molecule has 4 rings (SSSR count). The number of hydrogen-bond donors (Lipinski definition) is 2. The number of anilines is 1. The van der Waals surface area contributed by atoms with E-state index in [1.54, 1.807) is 31.2 Å². The smallest absolute Gasteiger partial charge is 0.268 e. The van der Waals surface area contributed by atoms with Gasteiger partial charge in [-0.1, -0.05) is 41.9 Å². The maximum Gasteiger partial charge on any atom is 0.268 e. The molecule has 0 saturated heterocycles. The van der Waals surface area contributed by atoms with E-state index in [1.165, 1.54) is 22.7 Å². The highest BCUT2D eigenvalue weighted by atomic mass is 35.5. The first-order chi connectivity index (χ1) is 15.8. The lowest BCUT2D eigenvalue weighted by atomic mass is 10.0. The van der Waals surface area contributed by atoms with Gasteiger partial charge in [0.05, 0.1) is 11.3 Å². The van der Waals surface area contributed by atoms with Crippen LogP contribution in [0.15, 0.2) is 54.6 Å². The number of nitrogens with two attached hydrogens (primary N) is 1. The van der Waals surface area contributed by atoms with E-state index in [-0.39, 0.29) is 12.5 Å². The van der Waals surface area contributed by atoms with E-state index in [1.807, 2.05) is 37.3 Å². The number of aryl methyl sites for hydroxylation is 2. The molecule has 3 N–H and O–H groups in total. The highest BCUT2D eigenvalue weighted by molar-refractivity contribution is 7.17. The molecule has 0 bridgehead atoms. The predicted octanol–water partition coefficient (Wildman–Crippen LogP) is 6.07. The number of thiazole rings is 1. The minimum absolute atomic E-state index is 0.225. The minimum atomic E-state index is -0.591. The first-order valence-corrected chi connectivity index (χ1v) is 12.0. The van der Waals surface area contributed by atoms with Gasteiger partial charge in [-0.2, -0.15) is 0 Å². The Bertz CT molecular complexity index is 1310. The van der Waals surface area contributed by atoms with Crippen LogP contribution in [0.4, 0.5) is 5.00 Å². The van der Waals surface area contributed by atoms with Gasteiger partial charge in [0, 0.05) is 15.5 Å². The molecule has 0 fully saturated rings. The zero-order chi connectivity index (χ0) is 23.5. The van der Waals surface area contributed by atoms with Crippen molar-refractivity contribution >= 4 is 51.1 Å². The second-order valence-electron chi connectivity index (χ2n) is 7.19. The lowest BCUT2D eigenvalue weighted by Crippen LogP contribution is -2.17. The van der Waals surface area contributed by atoms with Crippen molar-refractivity contribution < 1.29 is 14.3 Å². The van der Waals surface area contributed by atoms with Gasteiger partial charge in [0.2, 0.25) is 0 Å². The summed E-state index contributed by atoms with van der Waals surface area (Å²) < 4.78 is 5.73. The lowest BCUT2D eigenvalue weighted by Gasteiger charge is -2.06. The number of halogens is 1. The molecule has 0 atom stereocenters. The van der Waals surface area contributed by atoms with Crippen molar-refractivity contribution in [3.8, 4) is 16.9 Å². The number of carbonyl (C=O) groups is 2. The van der Waals surface area contributed by atoms with Crippen molar-refractivity contribution in [3.63, 3.8) is 0 Å². The summed E-state index contributed by atoms with van der Waals surface area (Å²) in [5.41, 5.74) is 8.21. The molecule has 33 heavy (non-hydrogen) atoms. The first kappa shape index (κ1) is 23.0. The number of primary amides is 1. The second kappa shape index (κ2) is 9.74. The van der Waals surface area contributed by atoms with Gasteiger partial charge in [-0.25, -0.2) is 4.98 Å². The highest BCUT2D eigenvalue weighted by Crippen LogP contribution is 2.40. The first-order valence-electron chi connectivity index (χ1n) is 9.98. The van der Waals surface area contributed by atoms with Gasteiger partial charge in [-0.05, 0) is 43.7 Å². The molecule has 2 amide bonds. The molecule has 0 spiro atoms. The zero-order valence-electron chi connectivity index (χ0n) is 17.8. The summed E-state index contributed by atoms with van der Waals surface area (Å²) in [6.07, 6.45) is 0. The SMILES string of the molecule is Cc1nc(COc2ccc(Cl)cc2)sc1C(=O)Nc1sc(C)c(-c2ccccc2)c1C(N)=O. The summed E-state index contributed by atoms with van der Waals surface area (Å²) in [7, 11) is 0. The van der Waals surface area contributed by atoms with Crippen LogP contribution >= 0.6 is 34.3 Å². The maximum absolute atomic E-state index is 13.1. The average molecular weight is 498 g/mol. The Morgan fingerprint density at radius 1 is 1.06 bits per heavy atom. The molecular formula is C24H20ClN3O3S2. The second-order valence-corrected chi connectivity index (χ2v) is 9.93. The monoisotopic (exact) mass is 497 g/mol. The van der Waals surface area contributed by atoms with Gasteiger partial charge < -0.3 is 15.8 Å². The molecule has 6 nitrogen and oxygen atoms in total. The number of benzene rings is 2. The largest absolute Gasteiger partial charge is 0.486 e. The molecule has 0 aliphatic carbocycles. The van der Waals surface area contributed by atoms with E-state index >= 15 is 0 Å². The van der Waals surface area contributed by atoms with Crippen molar-refractivity contribution in [1.29, 1.82) is 0 Å². The van der Waals surface area contributed by atoms with Crippen LogP contribution in [0.2, 0.25) is 5.02 Å². The molecule has 4 aromatic rings. The third-order valence-corrected chi connectivity index (χ3v) is 7.25. The van der Waals surface area contributed by atoms with Crippen molar-refractivity contribution in [2.24, 2.45) is 5.73 Å².